The summed E-state index contributed by atoms with van der Waals surface area (Å²) in [7, 11) is -3.59. The van der Waals surface area contributed by atoms with Crippen LogP contribution in [0.2, 0.25) is 0 Å². The molecule has 0 aliphatic heterocycles. The van der Waals surface area contributed by atoms with Crippen molar-refractivity contribution in [3.8, 4) is 0 Å². The quantitative estimate of drug-likeness (QED) is 0.813. The lowest BCUT2D eigenvalue weighted by atomic mass is 9.89. The molecule has 0 amide bonds. The second kappa shape index (κ2) is 6.75. The van der Waals surface area contributed by atoms with Crippen molar-refractivity contribution in [2.45, 2.75) is 49.3 Å². The van der Waals surface area contributed by atoms with Gasteiger partial charge in [0.05, 0.1) is 4.90 Å². The molecule has 0 saturated heterocycles. The summed E-state index contributed by atoms with van der Waals surface area (Å²) in [4.78, 5) is 0.685. The van der Waals surface area contributed by atoms with Gasteiger partial charge in [-0.05, 0) is 62.3 Å². The Morgan fingerprint density at radius 1 is 1.29 bits per heavy atom. The SMILES string of the molecule is Cc1cc(F)cc(C)c1S(=O)(=O)NCC1CCCC(Br)C1. The predicted molar refractivity (Wildman–Crippen MR) is 85.7 cm³/mol. The lowest BCUT2D eigenvalue weighted by Gasteiger charge is -2.26. The molecule has 21 heavy (non-hydrogen) atoms. The first-order chi connectivity index (χ1) is 9.79. The normalized spacial score (nSPS) is 23.2. The first-order valence-corrected chi connectivity index (χ1v) is 9.60. The zero-order valence-electron chi connectivity index (χ0n) is 12.3. The second-order valence-electron chi connectivity index (χ2n) is 5.85. The third-order valence-electron chi connectivity index (χ3n) is 3.97. The molecule has 2 rings (SSSR count). The number of sulfonamides is 1. The summed E-state index contributed by atoms with van der Waals surface area (Å²) < 4.78 is 40.9. The van der Waals surface area contributed by atoms with Gasteiger partial charge in [0.25, 0.3) is 0 Å². The van der Waals surface area contributed by atoms with Crippen molar-refractivity contribution < 1.29 is 12.8 Å². The summed E-state index contributed by atoms with van der Waals surface area (Å²) in [6.07, 6.45) is 4.31. The molecule has 0 aromatic heterocycles. The molecule has 1 fully saturated rings. The Hall–Kier alpha value is -0.460. The fraction of sp³-hybridized carbons (Fsp3) is 0.600. The standard InChI is InChI=1S/C15H21BrFNO2S/c1-10-6-14(17)7-11(2)15(10)21(19,20)18-9-12-4-3-5-13(16)8-12/h6-7,12-13,18H,3-5,8-9H2,1-2H3. The van der Waals surface area contributed by atoms with Gasteiger partial charge in [-0.1, -0.05) is 22.4 Å². The van der Waals surface area contributed by atoms with Crippen molar-refractivity contribution in [3.05, 3.63) is 29.1 Å². The summed E-state index contributed by atoms with van der Waals surface area (Å²) in [6, 6.07) is 2.52. The Kier molecular flexibility index (Phi) is 5.43. The maximum atomic E-state index is 13.3. The van der Waals surface area contributed by atoms with E-state index in [2.05, 4.69) is 20.7 Å². The molecule has 1 aliphatic rings. The number of hydrogen-bond donors (Lipinski definition) is 1. The monoisotopic (exact) mass is 377 g/mol. The highest BCUT2D eigenvalue weighted by atomic mass is 79.9. The molecule has 0 spiro atoms. The van der Waals surface area contributed by atoms with Crippen LogP contribution in [0.5, 0.6) is 0 Å². The predicted octanol–water partition coefficient (Wildman–Crippen LogP) is 3.67. The van der Waals surface area contributed by atoms with Gasteiger partial charge in [0, 0.05) is 11.4 Å². The van der Waals surface area contributed by atoms with Crippen LogP contribution in [-0.4, -0.2) is 19.8 Å². The van der Waals surface area contributed by atoms with Crippen LogP contribution in [0.25, 0.3) is 0 Å². The molecule has 1 N–H and O–H groups in total. The highest BCUT2D eigenvalue weighted by Gasteiger charge is 2.24. The van der Waals surface area contributed by atoms with E-state index in [9.17, 15) is 12.8 Å². The van der Waals surface area contributed by atoms with Crippen LogP contribution in [0.15, 0.2) is 17.0 Å². The van der Waals surface area contributed by atoms with Crippen LogP contribution >= 0.6 is 15.9 Å². The maximum absolute atomic E-state index is 13.3. The van der Waals surface area contributed by atoms with E-state index in [1.165, 1.54) is 12.1 Å². The van der Waals surface area contributed by atoms with E-state index >= 15 is 0 Å². The van der Waals surface area contributed by atoms with Gasteiger partial charge in [-0.3, -0.25) is 0 Å². The van der Waals surface area contributed by atoms with Gasteiger partial charge in [0.2, 0.25) is 10.0 Å². The molecule has 118 valence electrons. The van der Waals surface area contributed by atoms with Crippen molar-refractivity contribution >= 4 is 26.0 Å². The van der Waals surface area contributed by atoms with Gasteiger partial charge in [-0.15, -0.1) is 0 Å². The van der Waals surface area contributed by atoms with Gasteiger partial charge in [0.15, 0.2) is 0 Å². The molecule has 2 atom stereocenters. The van der Waals surface area contributed by atoms with Crippen molar-refractivity contribution in [3.63, 3.8) is 0 Å². The molecular formula is C15H21BrFNO2S. The van der Waals surface area contributed by atoms with E-state index in [4.69, 9.17) is 0 Å². The number of alkyl halides is 1. The third-order valence-corrected chi connectivity index (χ3v) is 6.53. The lowest BCUT2D eigenvalue weighted by Crippen LogP contribution is -2.32. The number of nitrogens with one attached hydrogen (secondary N) is 1. The van der Waals surface area contributed by atoms with Crippen LogP contribution in [0, 0.1) is 25.6 Å². The Morgan fingerprint density at radius 2 is 1.90 bits per heavy atom. The van der Waals surface area contributed by atoms with E-state index < -0.39 is 15.8 Å². The van der Waals surface area contributed by atoms with E-state index in [0.717, 1.165) is 25.7 Å². The van der Waals surface area contributed by atoms with Crippen LogP contribution < -0.4 is 4.72 Å². The number of halogens is 2. The summed E-state index contributed by atoms with van der Waals surface area (Å²) in [5.74, 6) is -0.0441. The highest BCUT2D eigenvalue weighted by molar-refractivity contribution is 9.09. The van der Waals surface area contributed by atoms with Crippen molar-refractivity contribution in [2.24, 2.45) is 5.92 Å². The molecule has 3 nitrogen and oxygen atoms in total. The zero-order chi connectivity index (χ0) is 15.6. The van der Waals surface area contributed by atoms with Crippen molar-refractivity contribution in [1.82, 2.24) is 4.72 Å². The first kappa shape index (κ1) is 16.9. The summed E-state index contributed by atoms with van der Waals surface area (Å²) >= 11 is 3.61. The number of hydrogen-bond acceptors (Lipinski definition) is 2. The Bertz CT molecular complexity index is 595. The van der Waals surface area contributed by atoms with Crippen LogP contribution in [0.1, 0.15) is 36.8 Å². The Labute approximate surface area is 134 Å². The molecule has 1 aromatic carbocycles. The first-order valence-electron chi connectivity index (χ1n) is 7.20. The minimum absolute atomic E-state index is 0.204. The molecule has 1 saturated carbocycles. The van der Waals surface area contributed by atoms with E-state index in [-0.39, 0.29) is 4.90 Å². The van der Waals surface area contributed by atoms with Crippen LogP contribution in [0.3, 0.4) is 0 Å². The Balaban J connectivity index is 2.12. The van der Waals surface area contributed by atoms with Gasteiger partial charge >= 0.3 is 0 Å². The Morgan fingerprint density at radius 3 is 2.48 bits per heavy atom. The average molecular weight is 378 g/mol. The van der Waals surface area contributed by atoms with Crippen molar-refractivity contribution in [2.75, 3.05) is 6.54 Å². The molecule has 0 radical (unpaired) electrons. The average Bonchev–Trinajstić information content (AvgIpc) is 2.35. The zero-order valence-corrected chi connectivity index (χ0v) is 14.7. The fourth-order valence-corrected chi connectivity index (χ4v) is 5.45. The molecule has 1 aliphatic carbocycles. The summed E-state index contributed by atoms with van der Waals surface area (Å²) in [6.45, 7) is 3.69. The van der Waals surface area contributed by atoms with Gasteiger partial charge in [-0.25, -0.2) is 17.5 Å². The topological polar surface area (TPSA) is 46.2 Å². The minimum Gasteiger partial charge on any atom is -0.211 e. The summed E-state index contributed by atoms with van der Waals surface area (Å²) in [5, 5.41) is 0. The van der Waals surface area contributed by atoms with Crippen LogP contribution in [0.4, 0.5) is 4.39 Å². The maximum Gasteiger partial charge on any atom is 0.241 e. The van der Waals surface area contributed by atoms with Gasteiger partial charge < -0.3 is 0 Å². The molecule has 0 bridgehead atoms. The smallest absolute Gasteiger partial charge is 0.211 e. The molecule has 2 unspecified atom stereocenters. The molecule has 0 heterocycles. The second-order valence-corrected chi connectivity index (χ2v) is 8.85. The lowest BCUT2D eigenvalue weighted by molar-refractivity contribution is 0.368. The van der Waals surface area contributed by atoms with E-state index in [1.807, 2.05) is 0 Å². The summed E-state index contributed by atoms with van der Waals surface area (Å²) in [5.41, 5.74) is 0.893. The van der Waals surface area contributed by atoms with Crippen LogP contribution in [-0.2, 0) is 10.0 Å². The number of benzene rings is 1. The molecule has 1 aromatic rings. The third kappa shape index (κ3) is 4.27. The largest absolute Gasteiger partial charge is 0.241 e. The fourth-order valence-electron chi connectivity index (χ4n) is 3.03. The minimum atomic E-state index is -3.59. The highest BCUT2D eigenvalue weighted by Crippen LogP contribution is 2.29. The molecule has 6 heteroatoms. The van der Waals surface area contributed by atoms with E-state index in [1.54, 1.807) is 13.8 Å². The van der Waals surface area contributed by atoms with Gasteiger partial charge in [-0.2, -0.15) is 0 Å². The van der Waals surface area contributed by atoms with E-state index in [0.29, 0.717) is 28.4 Å². The van der Waals surface area contributed by atoms with Gasteiger partial charge in [0.1, 0.15) is 5.82 Å². The van der Waals surface area contributed by atoms with Crippen molar-refractivity contribution in [1.29, 1.82) is 0 Å². The molecular weight excluding hydrogens is 357 g/mol. The number of rotatable bonds is 4. The number of aryl methyl sites for hydroxylation is 2.